The molecular weight excluding hydrogens is 374 g/mol. The zero-order valence-corrected chi connectivity index (χ0v) is 18.1. The highest BCUT2D eigenvalue weighted by Gasteiger charge is 2.25. The maximum Gasteiger partial charge on any atom is 0.199 e. The summed E-state index contributed by atoms with van der Waals surface area (Å²) in [4.78, 5) is 0. The zero-order chi connectivity index (χ0) is 21.2. The molecule has 1 saturated heterocycles. The molecule has 29 heavy (non-hydrogen) atoms. The Bertz CT molecular complexity index is 687. The Morgan fingerprint density at radius 2 is 1.59 bits per heavy atom. The van der Waals surface area contributed by atoms with Crippen LogP contribution in [0.4, 0.5) is 8.78 Å². The second-order valence-electron chi connectivity index (χ2n) is 7.55. The SMILES string of the molecule is CCC.CCC1CCC(c2ccc(COC3=C(F)C(F)=C(OC)CC3)cc2)CO1. The molecule has 0 radical (unpaired) electrons. The lowest BCUT2D eigenvalue weighted by atomic mass is 9.90. The number of benzene rings is 1. The lowest BCUT2D eigenvalue weighted by Crippen LogP contribution is -2.24. The van der Waals surface area contributed by atoms with Crippen LogP contribution in [0.15, 0.2) is 47.4 Å². The minimum atomic E-state index is -0.952. The molecule has 3 rings (SSSR count). The van der Waals surface area contributed by atoms with Gasteiger partial charge in [-0.25, -0.2) is 0 Å². The normalized spacial score (nSPS) is 22.1. The van der Waals surface area contributed by atoms with Crippen molar-refractivity contribution >= 4 is 0 Å². The third kappa shape index (κ3) is 6.56. The van der Waals surface area contributed by atoms with Crippen molar-refractivity contribution in [3.8, 4) is 0 Å². The van der Waals surface area contributed by atoms with Crippen LogP contribution in [0.5, 0.6) is 0 Å². The van der Waals surface area contributed by atoms with Crippen molar-refractivity contribution in [2.24, 2.45) is 0 Å². The molecule has 0 bridgehead atoms. The minimum absolute atomic E-state index is 0.0409. The van der Waals surface area contributed by atoms with Crippen molar-refractivity contribution in [1.82, 2.24) is 0 Å². The van der Waals surface area contributed by atoms with Gasteiger partial charge in [-0.3, -0.25) is 0 Å². The molecule has 0 aromatic heterocycles. The molecule has 162 valence electrons. The molecule has 1 aliphatic carbocycles. The highest BCUT2D eigenvalue weighted by atomic mass is 19.2. The number of rotatable bonds is 6. The summed E-state index contributed by atoms with van der Waals surface area (Å²) in [5.74, 6) is -1.38. The number of hydrogen-bond donors (Lipinski definition) is 0. The zero-order valence-electron chi connectivity index (χ0n) is 18.1. The Kier molecular flexibility index (Phi) is 9.65. The van der Waals surface area contributed by atoms with E-state index in [4.69, 9.17) is 14.2 Å². The predicted molar refractivity (Wildman–Crippen MR) is 112 cm³/mol. The van der Waals surface area contributed by atoms with Crippen LogP contribution in [0.25, 0.3) is 0 Å². The van der Waals surface area contributed by atoms with Gasteiger partial charge in [-0.15, -0.1) is 0 Å². The van der Waals surface area contributed by atoms with Crippen LogP contribution >= 0.6 is 0 Å². The van der Waals surface area contributed by atoms with Gasteiger partial charge in [-0.2, -0.15) is 8.78 Å². The van der Waals surface area contributed by atoms with E-state index in [-0.39, 0.29) is 18.1 Å². The van der Waals surface area contributed by atoms with Gasteiger partial charge >= 0.3 is 0 Å². The van der Waals surface area contributed by atoms with Gasteiger partial charge < -0.3 is 14.2 Å². The van der Waals surface area contributed by atoms with Crippen molar-refractivity contribution in [3.63, 3.8) is 0 Å². The third-order valence-corrected chi connectivity index (χ3v) is 5.20. The second-order valence-corrected chi connectivity index (χ2v) is 7.55. The molecule has 1 aromatic carbocycles. The predicted octanol–water partition coefficient (Wildman–Crippen LogP) is 7.09. The quantitative estimate of drug-likeness (QED) is 0.503. The van der Waals surface area contributed by atoms with Gasteiger partial charge in [0.25, 0.3) is 0 Å². The second kappa shape index (κ2) is 12.0. The molecule has 0 spiro atoms. The van der Waals surface area contributed by atoms with Gasteiger partial charge in [0.1, 0.15) is 18.1 Å². The molecular formula is C24H34F2O3. The lowest BCUT2D eigenvalue weighted by Gasteiger charge is -2.28. The Morgan fingerprint density at radius 1 is 0.966 bits per heavy atom. The van der Waals surface area contributed by atoms with Crippen LogP contribution in [0.2, 0.25) is 0 Å². The first-order valence-corrected chi connectivity index (χ1v) is 10.7. The van der Waals surface area contributed by atoms with Crippen molar-refractivity contribution < 1.29 is 23.0 Å². The van der Waals surface area contributed by atoms with E-state index >= 15 is 0 Å². The first-order valence-electron chi connectivity index (χ1n) is 10.7. The molecule has 2 atom stereocenters. The van der Waals surface area contributed by atoms with Crippen LogP contribution in [0.3, 0.4) is 0 Å². The molecule has 5 heteroatoms. The smallest absolute Gasteiger partial charge is 0.199 e. The Balaban J connectivity index is 0.000000941. The average molecular weight is 409 g/mol. The summed E-state index contributed by atoms with van der Waals surface area (Å²) in [5.41, 5.74) is 2.18. The summed E-state index contributed by atoms with van der Waals surface area (Å²) in [6.07, 6.45) is 5.56. The Hall–Kier alpha value is -1.88. The average Bonchev–Trinajstić information content (AvgIpc) is 2.76. The fourth-order valence-corrected chi connectivity index (χ4v) is 3.47. The highest BCUT2D eigenvalue weighted by Crippen LogP contribution is 2.34. The Labute approximate surface area is 173 Å². The fraction of sp³-hybridized carbons (Fsp3) is 0.583. The molecule has 0 amide bonds. The monoisotopic (exact) mass is 408 g/mol. The molecule has 1 fully saturated rings. The van der Waals surface area contributed by atoms with E-state index in [9.17, 15) is 8.78 Å². The number of ether oxygens (including phenoxy) is 3. The minimum Gasteiger partial charge on any atom is -0.498 e. The van der Waals surface area contributed by atoms with Gasteiger partial charge in [-0.1, -0.05) is 51.5 Å². The van der Waals surface area contributed by atoms with Gasteiger partial charge in [0.05, 0.1) is 19.8 Å². The van der Waals surface area contributed by atoms with E-state index in [1.54, 1.807) is 0 Å². The van der Waals surface area contributed by atoms with E-state index < -0.39 is 11.7 Å². The topological polar surface area (TPSA) is 27.7 Å². The van der Waals surface area contributed by atoms with Gasteiger partial charge in [0.15, 0.2) is 11.7 Å². The van der Waals surface area contributed by atoms with Crippen LogP contribution in [-0.4, -0.2) is 19.8 Å². The van der Waals surface area contributed by atoms with E-state index in [1.807, 2.05) is 12.1 Å². The maximum atomic E-state index is 14.0. The number of allylic oxidation sites excluding steroid dienone is 4. The van der Waals surface area contributed by atoms with Crippen LogP contribution < -0.4 is 0 Å². The lowest BCUT2D eigenvalue weighted by molar-refractivity contribution is 0.00203. The number of hydrogen-bond acceptors (Lipinski definition) is 3. The van der Waals surface area contributed by atoms with E-state index in [1.165, 1.54) is 19.1 Å². The van der Waals surface area contributed by atoms with Crippen LogP contribution in [-0.2, 0) is 20.8 Å². The number of halogens is 2. The molecule has 2 aliphatic rings. The Morgan fingerprint density at radius 3 is 2.14 bits per heavy atom. The highest BCUT2D eigenvalue weighted by molar-refractivity contribution is 5.30. The standard InChI is InChI=1S/C21H26F2O3.C3H8/c1-3-17-9-8-16(13-25-17)15-6-4-14(5-7-15)12-26-19-11-10-18(24-2)20(22)21(19)23;1-3-2/h4-7,16-17H,3,8-13H2,1-2H3;3H2,1-2H3. The molecule has 0 N–H and O–H groups in total. The largest absolute Gasteiger partial charge is 0.498 e. The molecule has 1 aliphatic heterocycles. The molecule has 1 aromatic rings. The third-order valence-electron chi connectivity index (χ3n) is 5.20. The maximum absolute atomic E-state index is 14.0. The van der Waals surface area contributed by atoms with Gasteiger partial charge in [-0.05, 0) is 30.4 Å². The van der Waals surface area contributed by atoms with Crippen molar-refractivity contribution in [2.45, 2.75) is 77.9 Å². The van der Waals surface area contributed by atoms with Crippen LogP contribution in [0, 0.1) is 0 Å². The number of methoxy groups -OCH3 is 1. The summed E-state index contributed by atoms with van der Waals surface area (Å²) < 4.78 is 43.9. The van der Waals surface area contributed by atoms with Crippen LogP contribution in [0.1, 0.15) is 76.3 Å². The van der Waals surface area contributed by atoms with Gasteiger partial charge in [0.2, 0.25) is 0 Å². The van der Waals surface area contributed by atoms with E-state index in [2.05, 4.69) is 32.9 Å². The van der Waals surface area contributed by atoms with E-state index in [0.717, 1.165) is 31.4 Å². The molecule has 0 saturated carbocycles. The summed E-state index contributed by atoms with van der Waals surface area (Å²) >= 11 is 0. The first-order chi connectivity index (χ1) is 14.0. The summed E-state index contributed by atoms with van der Waals surface area (Å²) in [6.45, 7) is 7.39. The van der Waals surface area contributed by atoms with Crippen molar-refractivity contribution in [1.29, 1.82) is 0 Å². The molecule has 1 heterocycles. The fourth-order valence-electron chi connectivity index (χ4n) is 3.47. The van der Waals surface area contributed by atoms with Gasteiger partial charge in [0, 0.05) is 18.8 Å². The first kappa shape index (κ1) is 23.4. The van der Waals surface area contributed by atoms with Crippen molar-refractivity contribution in [2.75, 3.05) is 13.7 Å². The molecule has 2 unspecified atom stereocenters. The summed E-state index contributed by atoms with van der Waals surface area (Å²) in [6, 6.07) is 8.12. The summed E-state index contributed by atoms with van der Waals surface area (Å²) in [7, 11) is 1.34. The van der Waals surface area contributed by atoms with Crippen molar-refractivity contribution in [3.05, 3.63) is 58.6 Å². The summed E-state index contributed by atoms with van der Waals surface area (Å²) in [5, 5.41) is 0. The molecule has 3 nitrogen and oxygen atoms in total. The van der Waals surface area contributed by atoms with E-state index in [0.29, 0.717) is 24.9 Å².